The van der Waals surface area contributed by atoms with Gasteiger partial charge in [0.15, 0.2) is 5.16 Å². The maximum Gasteiger partial charge on any atom is 0.234 e. The lowest BCUT2D eigenvalue weighted by Crippen LogP contribution is -2.32. The van der Waals surface area contributed by atoms with E-state index in [1.807, 2.05) is 47.9 Å². The quantitative estimate of drug-likeness (QED) is 0.502. The molecule has 3 heterocycles. The van der Waals surface area contributed by atoms with Crippen molar-refractivity contribution in [3.8, 4) is 5.75 Å². The van der Waals surface area contributed by atoms with Gasteiger partial charge >= 0.3 is 0 Å². The molecule has 1 amide bonds. The summed E-state index contributed by atoms with van der Waals surface area (Å²) in [6, 6.07) is 11.2. The van der Waals surface area contributed by atoms with Gasteiger partial charge in [-0.2, -0.15) is 0 Å². The van der Waals surface area contributed by atoms with Crippen molar-refractivity contribution in [2.45, 2.75) is 37.9 Å². The van der Waals surface area contributed by atoms with E-state index in [-0.39, 0.29) is 11.7 Å². The molecule has 8 nitrogen and oxygen atoms in total. The van der Waals surface area contributed by atoms with Gasteiger partial charge in [0.1, 0.15) is 11.5 Å². The summed E-state index contributed by atoms with van der Waals surface area (Å²) in [6.07, 6.45) is 5.21. The zero-order valence-electron chi connectivity index (χ0n) is 17.6. The molecule has 1 aromatic carbocycles. The van der Waals surface area contributed by atoms with Crippen LogP contribution in [-0.4, -0.2) is 46.1 Å². The predicted molar refractivity (Wildman–Crippen MR) is 121 cm³/mol. The van der Waals surface area contributed by atoms with Crippen molar-refractivity contribution < 1.29 is 13.9 Å². The first-order chi connectivity index (χ1) is 15.2. The fraction of sp³-hybridized carbons (Fsp3) is 0.409. The van der Waals surface area contributed by atoms with Gasteiger partial charge in [-0.15, -0.1) is 10.2 Å². The summed E-state index contributed by atoms with van der Waals surface area (Å²) in [5.74, 6) is 2.42. The number of aromatic nitrogens is 3. The van der Waals surface area contributed by atoms with Crippen molar-refractivity contribution in [2.75, 3.05) is 35.7 Å². The molecule has 1 aliphatic rings. The molecular formula is C22H27N5O3S. The van der Waals surface area contributed by atoms with Crippen molar-refractivity contribution in [2.24, 2.45) is 0 Å². The topological polar surface area (TPSA) is 85.4 Å². The molecule has 1 fully saturated rings. The third kappa shape index (κ3) is 5.41. The van der Waals surface area contributed by atoms with Crippen LogP contribution in [0.1, 0.15) is 31.9 Å². The molecule has 31 heavy (non-hydrogen) atoms. The molecule has 0 radical (unpaired) electrons. The third-order valence-corrected chi connectivity index (χ3v) is 5.99. The number of carbonyl (C=O) groups excluding carboxylic acids is 1. The number of para-hydroxylation sites is 2. The summed E-state index contributed by atoms with van der Waals surface area (Å²) in [5, 5.41) is 12.5. The Hall–Kier alpha value is -2.94. The first-order valence-corrected chi connectivity index (χ1v) is 11.6. The number of nitrogens with zero attached hydrogens (tertiary/aromatic N) is 4. The largest absolute Gasteiger partial charge is 0.492 e. The highest BCUT2D eigenvalue weighted by Crippen LogP contribution is 2.27. The van der Waals surface area contributed by atoms with Crippen molar-refractivity contribution >= 4 is 29.3 Å². The van der Waals surface area contributed by atoms with Crippen molar-refractivity contribution in [3.63, 3.8) is 0 Å². The fourth-order valence-electron chi connectivity index (χ4n) is 3.58. The molecular weight excluding hydrogens is 414 g/mol. The second-order valence-corrected chi connectivity index (χ2v) is 8.20. The van der Waals surface area contributed by atoms with Crippen LogP contribution in [0, 0.1) is 0 Å². The zero-order valence-corrected chi connectivity index (χ0v) is 18.4. The van der Waals surface area contributed by atoms with E-state index in [1.54, 1.807) is 6.26 Å². The van der Waals surface area contributed by atoms with Gasteiger partial charge in [0.25, 0.3) is 0 Å². The van der Waals surface area contributed by atoms with Gasteiger partial charge in [-0.25, -0.2) is 0 Å². The molecule has 1 aliphatic heterocycles. The summed E-state index contributed by atoms with van der Waals surface area (Å²) in [7, 11) is 0. The maximum absolute atomic E-state index is 12.6. The van der Waals surface area contributed by atoms with E-state index in [1.165, 1.54) is 18.2 Å². The van der Waals surface area contributed by atoms with Crippen LogP contribution >= 0.6 is 11.8 Å². The Balaban J connectivity index is 1.46. The van der Waals surface area contributed by atoms with Gasteiger partial charge in [-0.3, -0.25) is 9.36 Å². The second-order valence-electron chi connectivity index (χ2n) is 7.26. The van der Waals surface area contributed by atoms with Crippen LogP contribution in [0.2, 0.25) is 0 Å². The molecule has 3 aromatic rings. The minimum Gasteiger partial charge on any atom is -0.492 e. The molecule has 1 saturated heterocycles. The number of anilines is 2. The molecule has 1 N–H and O–H groups in total. The Morgan fingerprint density at radius 2 is 2.00 bits per heavy atom. The SMILES string of the molecule is CCOc1ccccc1NC(=O)CSc1nnc(N2CCCCC2)n1Cc1ccco1. The average Bonchev–Trinajstić information content (AvgIpc) is 3.45. The van der Waals surface area contributed by atoms with E-state index in [0.29, 0.717) is 29.7 Å². The van der Waals surface area contributed by atoms with Crippen molar-refractivity contribution in [1.29, 1.82) is 0 Å². The number of nitrogens with one attached hydrogen (secondary N) is 1. The van der Waals surface area contributed by atoms with Crippen LogP contribution in [0.15, 0.2) is 52.2 Å². The number of benzene rings is 1. The summed E-state index contributed by atoms with van der Waals surface area (Å²) in [4.78, 5) is 14.9. The number of thioether (sulfide) groups is 1. The van der Waals surface area contributed by atoms with E-state index in [2.05, 4.69) is 20.4 Å². The zero-order chi connectivity index (χ0) is 21.5. The number of rotatable bonds is 9. The predicted octanol–water partition coefficient (Wildman–Crippen LogP) is 4.04. The van der Waals surface area contributed by atoms with Crippen LogP contribution in [0.25, 0.3) is 0 Å². The summed E-state index contributed by atoms with van der Waals surface area (Å²) in [5.41, 5.74) is 0.668. The molecule has 9 heteroatoms. The van der Waals surface area contributed by atoms with Crippen molar-refractivity contribution in [1.82, 2.24) is 14.8 Å². The Bertz CT molecular complexity index is 983. The Labute approximate surface area is 186 Å². The average molecular weight is 442 g/mol. The highest BCUT2D eigenvalue weighted by Gasteiger charge is 2.22. The van der Waals surface area contributed by atoms with E-state index in [0.717, 1.165) is 37.6 Å². The van der Waals surface area contributed by atoms with E-state index in [9.17, 15) is 4.79 Å². The third-order valence-electron chi connectivity index (χ3n) is 5.02. The van der Waals surface area contributed by atoms with Gasteiger partial charge in [-0.1, -0.05) is 23.9 Å². The van der Waals surface area contributed by atoms with Gasteiger partial charge < -0.3 is 19.4 Å². The molecule has 0 bridgehead atoms. The molecule has 4 rings (SSSR count). The first-order valence-electron chi connectivity index (χ1n) is 10.6. The number of ether oxygens (including phenoxy) is 1. The summed E-state index contributed by atoms with van der Waals surface area (Å²) < 4.78 is 13.2. The number of carbonyl (C=O) groups is 1. The van der Waals surface area contributed by atoms with Gasteiger partial charge in [-0.05, 0) is 50.5 Å². The smallest absolute Gasteiger partial charge is 0.234 e. The standard InChI is InChI=1S/C22H27N5O3S/c1-2-29-19-11-5-4-10-18(19)23-20(28)16-31-22-25-24-21(26-12-6-3-7-13-26)27(22)15-17-9-8-14-30-17/h4-5,8-11,14H,2-3,6-7,12-13,15-16H2,1H3,(H,23,28). The Morgan fingerprint density at radius 1 is 1.16 bits per heavy atom. The van der Waals surface area contributed by atoms with E-state index >= 15 is 0 Å². The normalized spacial score (nSPS) is 13.9. The lowest BCUT2D eigenvalue weighted by molar-refractivity contribution is -0.113. The lowest BCUT2D eigenvalue weighted by atomic mass is 10.1. The molecule has 0 aliphatic carbocycles. The molecule has 0 unspecified atom stereocenters. The van der Waals surface area contributed by atoms with E-state index < -0.39 is 0 Å². The fourth-order valence-corrected chi connectivity index (χ4v) is 4.31. The van der Waals surface area contributed by atoms with Crippen LogP contribution in [-0.2, 0) is 11.3 Å². The minimum atomic E-state index is -0.121. The number of piperidine rings is 1. The number of hydrogen-bond acceptors (Lipinski definition) is 7. The van der Waals surface area contributed by atoms with Crippen LogP contribution in [0.4, 0.5) is 11.6 Å². The second kappa shape index (κ2) is 10.4. The Kier molecular flexibility index (Phi) is 7.14. The van der Waals surface area contributed by atoms with Crippen LogP contribution in [0.3, 0.4) is 0 Å². The first kappa shape index (κ1) is 21.3. The Morgan fingerprint density at radius 3 is 2.77 bits per heavy atom. The maximum atomic E-state index is 12.6. The van der Waals surface area contributed by atoms with Crippen molar-refractivity contribution in [3.05, 3.63) is 48.4 Å². The highest BCUT2D eigenvalue weighted by molar-refractivity contribution is 7.99. The molecule has 2 aromatic heterocycles. The van der Waals surface area contributed by atoms with Crippen LogP contribution < -0.4 is 15.0 Å². The number of furan rings is 1. The summed E-state index contributed by atoms with van der Waals surface area (Å²) >= 11 is 1.37. The van der Waals surface area contributed by atoms with E-state index in [4.69, 9.17) is 9.15 Å². The molecule has 0 atom stereocenters. The monoisotopic (exact) mass is 441 g/mol. The highest BCUT2D eigenvalue weighted by atomic mass is 32.2. The van der Waals surface area contributed by atoms with Gasteiger partial charge in [0, 0.05) is 13.1 Å². The molecule has 0 saturated carbocycles. The molecule has 0 spiro atoms. The summed E-state index contributed by atoms with van der Waals surface area (Å²) in [6.45, 7) is 4.92. The van der Waals surface area contributed by atoms with Gasteiger partial charge in [0.05, 0.1) is 30.9 Å². The lowest BCUT2D eigenvalue weighted by Gasteiger charge is -2.27. The minimum absolute atomic E-state index is 0.121. The number of amides is 1. The molecule has 164 valence electrons. The van der Waals surface area contributed by atoms with Gasteiger partial charge in [0.2, 0.25) is 11.9 Å². The number of hydrogen-bond donors (Lipinski definition) is 1. The van der Waals surface area contributed by atoms with Crippen LogP contribution in [0.5, 0.6) is 5.75 Å².